The summed E-state index contributed by atoms with van der Waals surface area (Å²) in [6, 6.07) is 16.9. The van der Waals surface area contributed by atoms with Crippen LogP contribution in [0.4, 0.5) is 5.13 Å². The minimum absolute atomic E-state index is 0.572. The van der Waals surface area contributed by atoms with Crippen molar-refractivity contribution in [3.8, 4) is 17.1 Å². The van der Waals surface area contributed by atoms with E-state index in [1.165, 1.54) is 21.6 Å². The van der Waals surface area contributed by atoms with E-state index in [0.29, 0.717) is 11.8 Å². The van der Waals surface area contributed by atoms with Crippen LogP contribution in [0, 0.1) is 6.92 Å². The molecule has 0 atom stereocenters. The van der Waals surface area contributed by atoms with Crippen LogP contribution in [-0.2, 0) is 19.4 Å². The summed E-state index contributed by atoms with van der Waals surface area (Å²) in [6.07, 6.45) is 7.63. The molecule has 0 saturated heterocycles. The number of benzene rings is 2. The summed E-state index contributed by atoms with van der Waals surface area (Å²) in [5.41, 5.74) is 5.97. The van der Waals surface area contributed by atoms with Crippen LogP contribution in [0.3, 0.4) is 0 Å². The van der Waals surface area contributed by atoms with E-state index in [2.05, 4.69) is 62.7 Å². The smallest absolute Gasteiger partial charge is 0.247 e. The van der Waals surface area contributed by atoms with E-state index in [1.54, 1.807) is 17.5 Å². The first-order chi connectivity index (χ1) is 16.2. The van der Waals surface area contributed by atoms with E-state index in [4.69, 9.17) is 9.40 Å². The number of anilines is 1. The van der Waals surface area contributed by atoms with Crippen LogP contribution in [0.2, 0.25) is 0 Å². The van der Waals surface area contributed by atoms with E-state index in [9.17, 15) is 0 Å². The Morgan fingerprint density at radius 3 is 2.76 bits per heavy atom. The van der Waals surface area contributed by atoms with Gasteiger partial charge in [-0.15, -0.1) is 21.5 Å². The standard InChI is InChI=1S/C25H22N6OS/c1-17-28-29-24(32-17)20-6-5-19-9-12-30(16-21(19)14-20)25-26-15-23(33-25)13-18-3-7-22(8-4-18)31-11-2-10-27-31/h2-8,10-11,14-15H,9,12-13,16H2,1H3. The highest BCUT2D eigenvalue weighted by Crippen LogP contribution is 2.31. The molecule has 0 radical (unpaired) electrons. The molecule has 7 nitrogen and oxygen atoms in total. The molecule has 0 saturated carbocycles. The third-order valence-corrected chi connectivity index (χ3v) is 6.95. The molecule has 0 amide bonds. The number of fused-ring (bicyclic) bond motifs is 1. The molecule has 0 unspecified atom stereocenters. The van der Waals surface area contributed by atoms with Crippen molar-refractivity contribution >= 4 is 16.5 Å². The lowest BCUT2D eigenvalue weighted by atomic mass is 9.97. The van der Waals surface area contributed by atoms with Crippen LogP contribution in [-0.4, -0.2) is 31.5 Å². The van der Waals surface area contributed by atoms with Crippen molar-refractivity contribution in [1.29, 1.82) is 0 Å². The molecule has 0 fully saturated rings. The lowest BCUT2D eigenvalue weighted by Gasteiger charge is -2.28. The summed E-state index contributed by atoms with van der Waals surface area (Å²) in [7, 11) is 0. The summed E-state index contributed by atoms with van der Waals surface area (Å²) in [5.74, 6) is 1.15. The van der Waals surface area contributed by atoms with Crippen LogP contribution in [0.5, 0.6) is 0 Å². The number of rotatable bonds is 5. The van der Waals surface area contributed by atoms with Gasteiger partial charge in [0.15, 0.2) is 5.13 Å². The van der Waals surface area contributed by atoms with Crippen LogP contribution in [0.1, 0.15) is 27.5 Å². The second kappa shape index (κ2) is 8.29. The zero-order valence-electron chi connectivity index (χ0n) is 18.2. The first-order valence-electron chi connectivity index (χ1n) is 10.9. The molecule has 8 heteroatoms. The Labute approximate surface area is 195 Å². The molecule has 33 heavy (non-hydrogen) atoms. The van der Waals surface area contributed by atoms with E-state index in [1.807, 2.05) is 30.1 Å². The van der Waals surface area contributed by atoms with Gasteiger partial charge in [-0.3, -0.25) is 0 Å². The highest BCUT2D eigenvalue weighted by molar-refractivity contribution is 7.15. The van der Waals surface area contributed by atoms with Gasteiger partial charge in [0, 0.05) is 55.5 Å². The molecule has 3 aromatic heterocycles. The number of hydrogen-bond acceptors (Lipinski definition) is 7. The Kier molecular flexibility index (Phi) is 4.99. The Morgan fingerprint density at radius 2 is 1.97 bits per heavy atom. The van der Waals surface area contributed by atoms with Crippen LogP contribution < -0.4 is 4.90 Å². The maximum Gasteiger partial charge on any atom is 0.247 e. The number of aromatic nitrogens is 5. The fourth-order valence-electron chi connectivity index (χ4n) is 4.18. The first-order valence-corrected chi connectivity index (χ1v) is 11.7. The van der Waals surface area contributed by atoms with Gasteiger partial charge in [0.1, 0.15) is 0 Å². The van der Waals surface area contributed by atoms with Crippen molar-refractivity contribution in [2.75, 3.05) is 11.4 Å². The van der Waals surface area contributed by atoms with Crippen molar-refractivity contribution in [1.82, 2.24) is 25.0 Å². The average molecular weight is 455 g/mol. The highest BCUT2D eigenvalue weighted by Gasteiger charge is 2.20. The van der Waals surface area contributed by atoms with Crippen molar-refractivity contribution in [2.24, 2.45) is 0 Å². The summed E-state index contributed by atoms with van der Waals surface area (Å²) in [4.78, 5) is 8.36. The molecule has 0 N–H and O–H groups in total. The molecular formula is C25H22N6OS. The summed E-state index contributed by atoms with van der Waals surface area (Å²) < 4.78 is 7.48. The summed E-state index contributed by atoms with van der Waals surface area (Å²) >= 11 is 1.77. The second-order valence-corrected chi connectivity index (χ2v) is 9.28. The van der Waals surface area contributed by atoms with Crippen molar-refractivity contribution in [3.05, 3.63) is 94.6 Å². The van der Waals surface area contributed by atoms with Gasteiger partial charge in [0.25, 0.3) is 0 Å². The van der Waals surface area contributed by atoms with Gasteiger partial charge in [-0.1, -0.05) is 18.2 Å². The Balaban J connectivity index is 1.16. The summed E-state index contributed by atoms with van der Waals surface area (Å²) in [6.45, 7) is 3.61. The molecule has 6 rings (SSSR count). The highest BCUT2D eigenvalue weighted by atomic mass is 32.1. The number of aryl methyl sites for hydroxylation is 1. The summed E-state index contributed by atoms with van der Waals surface area (Å²) in [5, 5.41) is 13.5. The van der Waals surface area contributed by atoms with Gasteiger partial charge in [-0.2, -0.15) is 5.10 Å². The third-order valence-electron chi connectivity index (χ3n) is 5.89. The second-order valence-electron chi connectivity index (χ2n) is 8.18. The van der Waals surface area contributed by atoms with Crippen LogP contribution in [0.15, 0.2) is 71.5 Å². The fourth-order valence-corrected chi connectivity index (χ4v) is 5.15. The molecule has 164 valence electrons. The molecule has 2 aromatic carbocycles. The molecule has 4 heterocycles. The Hall–Kier alpha value is -3.78. The van der Waals surface area contributed by atoms with Gasteiger partial charge in [0.2, 0.25) is 11.8 Å². The topological polar surface area (TPSA) is 72.9 Å². The lowest BCUT2D eigenvalue weighted by Crippen LogP contribution is -2.30. The van der Waals surface area contributed by atoms with Crippen molar-refractivity contribution in [3.63, 3.8) is 0 Å². The first kappa shape index (κ1) is 19.9. The predicted octanol–water partition coefficient (Wildman–Crippen LogP) is 4.84. The zero-order valence-corrected chi connectivity index (χ0v) is 19.0. The van der Waals surface area contributed by atoms with Crippen molar-refractivity contribution in [2.45, 2.75) is 26.3 Å². The minimum Gasteiger partial charge on any atom is -0.421 e. The maximum absolute atomic E-state index is 5.61. The van der Waals surface area contributed by atoms with Gasteiger partial charge < -0.3 is 9.32 Å². The van der Waals surface area contributed by atoms with E-state index in [0.717, 1.165) is 42.3 Å². The lowest BCUT2D eigenvalue weighted by molar-refractivity contribution is 0.532. The SMILES string of the molecule is Cc1nnc(-c2ccc3c(c2)CN(c2ncc(Cc4ccc(-n5cccn5)cc4)s2)CC3)o1. The van der Waals surface area contributed by atoms with E-state index < -0.39 is 0 Å². The van der Waals surface area contributed by atoms with E-state index in [-0.39, 0.29) is 0 Å². The fraction of sp³-hybridized carbons (Fsp3) is 0.200. The molecule has 5 aromatic rings. The van der Waals surface area contributed by atoms with E-state index >= 15 is 0 Å². The van der Waals surface area contributed by atoms with Gasteiger partial charge in [0.05, 0.1) is 5.69 Å². The van der Waals surface area contributed by atoms with Crippen molar-refractivity contribution < 1.29 is 4.42 Å². The number of thiazole rings is 1. The maximum atomic E-state index is 5.61. The number of nitrogens with zero attached hydrogens (tertiary/aromatic N) is 6. The average Bonchev–Trinajstić information content (AvgIpc) is 3.61. The Bertz CT molecular complexity index is 1390. The molecule has 0 spiro atoms. The Morgan fingerprint density at radius 1 is 1.06 bits per heavy atom. The molecule has 0 bridgehead atoms. The molecule has 1 aliphatic heterocycles. The zero-order chi connectivity index (χ0) is 22.2. The minimum atomic E-state index is 0.572. The monoisotopic (exact) mass is 454 g/mol. The third kappa shape index (κ3) is 4.05. The predicted molar refractivity (Wildman–Crippen MR) is 128 cm³/mol. The molecular weight excluding hydrogens is 432 g/mol. The van der Waals surface area contributed by atoms with Gasteiger partial charge >= 0.3 is 0 Å². The van der Waals surface area contributed by atoms with Gasteiger partial charge in [-0.25, -0.2) is 9.67 Å². The largest absolute Gasteiger partial charge is 0.421 e. The molecule has 0 aliphatic carbocycles. The molecule has 1 aliphatic rings. The van der Waals surface area contributed by atoms with Gasteiger partial charge in [-0.05, 0) is 53.4 Å². The quantitative estimate of drug-likeness (QED) is 0.378. The van der Waals surface area contributed by atoms with Crippen LogP contribution >= 0.6 is 11.3 Å². The normalized spacial score (nSPS) is 13.3. The number of hydrogen-bond donors (Lipinski definition) is 0. The van der Waals surface area contributed by atoms with Crippen LogP contribution in [0.25, 0.3) is 17.1 Å².